The molecule has 0 bridgehead atoms. The van der Waals surface area contributed by atoms with E-state index in [-0.39, 0.29) is 12.5 Å². The van der Waals surface area contributed by atoms with Crippen molar-refractivity contribution in [1.82, 2.24) is 4.98 Å². The van der Waals surface area contributed by atoms with E-state index in [9.17, 15) is 4.79 Å². The summed E-state index contributed by atoms with van der Waals surface area (Å²) >= 11 is 0. The van der Waals surface area contributed by atoms with Gasteiger partial charge in [0.1, 0.15) is 11.3 Å². The highest BCUT2D eigenvalue weighted by Crippen LogP contribution is 2.33. The Morgan fingerprint density at radius 2 is 1.81 bits per heavy atom. The summed E-state index contributed by atoms with van der Waals surface area (Å²) in [4.78, 5) is 17.4. The number of hydrogen-bond donors (Lipinski definition) is 1. The first-order valence-corrected chi connectivity index (χ1v) is 13.0. The van der Waals surface area contributed by atoms with Crippen molar-refractivity contribution in [2.45, 2.75) is 64.7 Å². The van der Waals surface area contributed by atoms with Crippen molar-refractivity contribution < 1.29 is 13.9 Å². The Balaban J connectivity index is 1.23. The molecule has 0 saturated heterocycles. The maximum Gasteiger partial charge on any atom is 0.262 e. The normalized spacial score (nSPS) is 14.3. The monoisotopic (exact) mass is 482 g/mol. The van der Waals surface area contributed by atoms with Crippen molar-refractivity contribution in [1.29, 1.82) is 0 Å². The molecule has 0 unspecified atom stereocenters. The van der Waals surface area contributed by atoms with Crippen LogP contribution < -0.4 is 10.1 Å². The molecule has 1 N–H and O–H groups in total. The highest BCUT2D eigenvalue weighted by atomic mass is 16.5. The first-order valence-electron chi connectivity index (χ1n) is 13.0. The average molecular weight is 483 g/mol. The quantitative estimate of drug-likeness (QED) is 0.290. The van der Waals surface area contributed by atoms with Crippen LogP contribution in [0.5, 0.6) is 5.75 Å². The molecule has 1 heterocycles. The minimum absolute atomic E-state index is 0.0483. The van der Waals surface area contributed by atoms with Gasteiger partial charge in [0.05, 0.1) is 0 Å². The SMILES string of the molecule is Cc1ccc(-c2nc3cc(C(C)C)ccc3o2)cc1NC(=O)COc1ccc(C2CCCCC2)cc1. The zero-order valence-electron chi connectivity index (χ0n) is 21.3. The summed E-state index contributed by atoms with van der Waals surface area (Å²) in [6.45, 7) is 6.24. The van der Waals surface area contributed by atoms with Crippen molar-refractivity contribution in [2.75, 3.05) is 11.9 Å². The van der Waals surface area contributed by atoms with Gasteiger partial charge in [0.25, 0.3) is 5.91 Å². The van der Waals surface area contributed by atoms with Gasteiger partial charge < -0.3 is 14.5 Å². The third kappa shape index (κ3) is 5.46. The molecule has 5 nitrogen and oxygen atoms in total. The van der Waals surface area contributed by atoms with Crippen molar-refractivity contribution in [3.05, 3.63) is 77.4 Å². The van der Waals surface area contributed by atoms with Gasteiger partial charge in [-0.3, -0.25) is 4.79 Å². The Morgan fingerprint density at radius 3 is 2.56 bits per heavy atom. The number of carbonyl (C=O) groups is 1. The number of benzene rings is 3. The number of oxazole rings is 1. The van der Waals surface area contributed by atoms with Crippen LogP contribution in [-0.2, 0) is 4.79 Å². The van der Waals surface area contributed by atoms with Gasteiger partial charge in [0.15, 0.2) is 12.2 Å². The highest BCUT2D eigenvalue weighted by Gasteiger charge is 2.16. The number of rotatable bonds is 7. The predicted octanol–water partition coefficient (Wildman–Crippen LogP) is 7.99. The number of fused-ring (bicyclic) bond motifs is 1. The van der Waals surface area contributed by atoms with Gasteiger partial charge in [-0.15, -0.1) is 0 Å². The van der Waals surface area contributed by atoms with Gasteiger partial charge in [0, 0.05) is 11.3 Å². The van der Waals surface area contributed by atoms with E-state index in [1.807, 2.05) is 43.3 Å². The van der Waals surface area contributed by atoms with E-state index >= 15 is 0 Å². The van der Waals surface area contributed by atoms with Crippen LogP contribution in [0.2, 0.25) is 0 Å². The fourth-order valence-electron chi connectivity index (χ4n) is 4.92. The molecule has 186 valence electrons. The first-order chi connectivity index (χ1) is 17.5. The predicted molar refractivity (Wildman–Crippen MR) is 145 cm³/mol. The van der Waals surface area contributed by atoms with Gasteiger partial charge in [-0.1, -0.05) is 57.4 Å². The van der Waals surface area contributed by atoms with Crippen LogP contribution in [0.3, 0.4) is 0 Å². The van der Waals surface area contributed by atoms with Crippen LogP contribution in [-0.4, -0.2) is 17.5 Å². The van der Waals surface area contributed by atoms with Crippen LogP contribution in [0.4, 0.5) is 5.69 Å². The zero-order valence-corrected chi connectivity index (χ0v) is 21.3. The molecule has 0 radical (unpaired) electrons. The second kappa shape index (κ2) is 10.6. The Bertz CT molecular complexity index is 1350. The Morgan fingerprint density at radius 1 is 1.03 bits per heavy atom. The zero-order chi connectivity index (χ0) is 25.1. The van der Waals surface area contributed by atoms with Crippen LogP contribution in [0.1, 0.15) is 74.5 Å². The van der Waals surface area contributed by atoms with E-state index in [2.05, 4.69) is 48.4 Å². The largest absolute Gasteiger partial charge is 0.484 e. The van der Waals surface area contributed by atoms with Gasteiger partial charge in [-0.2, -0.15) is 0 Å². The number of amides is 1. The summed E-state index contributed by atoms with van der Waals surface area (Å²) in [5.74, 6) is 2.13. The first kappa shape index (κ1) is 24.1. The lowest BCUT2D eigenvalue weighted by Crippen LogP contribution is -2.20. The molecule has 1 aromatic heterocycles. The molecule has 36 heavy (non-hydrogen) atoms. The van der Waals surface area contributed by atoms with Crippen LogP contribution in [0.15, 0.2) is 65.1 Å². The number of hydrogen-bond acceptors (Lipinski definition) is 4. The molecule has 5 heteroatoms. The fourth-order valence-corrected chi connectivity index (χ4v) is 4.92. The molecule has 0 atom stereocenters. The molecular formula is C31H34N2O3. The van der Waals surface area contributed by atoms with Crippen molar-refractivity contribution in [2.24, 2.45) is 0 Å². The van der Waals surface area contributed by atoms with Crippen LogP contribution >= 0.6 is 0 Å². The minimum atomic E-state index is -0.203. The summed E-state index contributed by atoms with van der Waals surface area (Å²) < 4.78 is 11.8. The summed E-state index contributed by atoms with van der Waals surface area (Å²) in [5, 5.41) is 2.98. The molecule has 1 aliphatic carbocycles. The lowest BCUT2D eigenvalue weighted by molar-refractivity contribution is -0.118. The molecule has 4 aromatic rings. The van der Waals surface area contributed by atoms with Gasteiger partial charge in [-0.05, 0) is 84.7 Å². The van der Waals surface area contributed by atoms with E-state index in [0.717, 1.165) is 27.9 Å². The van der Waals surface area contributed by atoms with Crippen LogP contribution in [0, 0.1) is 6.92 Å². The van der Waals surface area contributed by atoms with Gasteiger partial charge in [-0.25, -0.2) is 4.98 Å². The van der Waals surface area contributed by atoms with Gasteiger partial charge >= 0.3 is 0 Å². The highest BCUT2D eigenvalue weighted by molar-refractivity contribution is 5.93. The summed E-state index contributed by atoms with van der Waals surface area (Å²) in [7, 11) is 0. The average Bonchev–Trinajstić information content (AvgIpc) is 3.33. The van der Waals surface area contributed by atoms with Crippen molar-refractivity contribution in [3.8, 4) is 17.2 Å². The second-order valence-corrected chi connectivity index (χ2v) is 10.2. The number of nitrogens with one attached hydrogen (secondary N) is 1. The molecule has 1 amide bonds. The van der Waals surface area contributed by atoms with Gasteiger partial charge in [0.2, 0.25) is 5.89 Å². The molecule has 5 rings (SSSR count). The second-order valence-electron chi connectivity index (χ2n) is 10.2. The number of carbonyl (C=O) groups excluding carboxylic acids is 1. The van der Waals surface area contributed by atoms with E-state index in [0.29, 0.717) is 23.5 Å². The molecule has 1 saturated carbocycles. The van der Waals surface area contributed by atoms with E-state index in [1.54, 1.807) is 0 Å². The van der Waals surface area contributed by atoms with Crippen LogP contribution in [0.25, 0.3) is 22.6 Å². The maximum atomic E-state index is 12.7. The smallest absolute Gasteiger partial charge is 0.262 e. The summed E-state index contributed by atoms with van der Waals surface area (Å²) in [6, 6.07) is 20.2. The van der Waals surface area contributed by atoms with E-state index in [4.69, 9.17) is 9.15 Å². The minimum Gasteiger partial charge on any atom is -0.484 e. The number of aromatic nitrogens is 1. The molecule has 1 fully saturated rings. The molecule has 1 aliphatic rings. The standard InChI is InChI=1S/C31H34N2O3/c1-20(2)24-13-16-29-28(17-24)33-31(36-29)25-10-9-21(3)27(18-25)32-30(34)19-35-26-14-11-23(12-15-26)22-7-5-4-6-8-22/h9-18,20,22H,4-8,19H2,1-3H3,(H,32,34). The topological polar surface area (TPSA) is 64.4 Å². The third-order valence-electron chi connectivity index (χ3n) is 7.16. The number of aryl methyl sites for hydroxylation is 1. The molecule has 3 aromatic carbocycles. The molecule has 0 spiro atoms. The maximum absolute atomic E-state index is 12.7. The Hall–Kier alpha value is -3.60. The van der Waals surface area contributed by atoms with Crippen molar-refractivity contribution in [3.63, 3.8) is 0 Å². The Kier molecular flexibility index (Phi) is 7.08. The number of anilines is 1. The van der Waals surface area contributed by atoms with E-state index in [1.165, 1.54) is 43.2 Å². The van der Waals surface area contributed by atoms with E-state index < -0.39 is 0 Å². The number of ether oxygens (including phenoxy) is 1. The van der Waals surface area contributed by atoms with Crippen molar-refractivity contribution >= 4 is 22.7 Å². The summed E-state index contributed by atoms with van der Waals surface area (Å²) in [5.41, 5.74) is 6.69. The molecule has 0 aliphatic heterocycles. The summed E-state index contributed by atoms with van der Waals surface area (Å²) in [6.07, 6.45) is 6.51. The molecular weight excluding hydrogens is 448 g/mol. The number of nitrogens with zero attached hydrogens (tertiary/aromatic N) is 1. The third-order valence-corrected chi connectivity index (χ3v) is 7.16. The lowest BCUT2D eigenvalue weighted by atomic mass is 9.84. The Labute approximate surface area is 212 Å². The lowest BCUT2D eigenvalue weighted by Gasteiger charge is -2.22. The fraction of sp³-hybridized carbons (Fsp3) is 0.355.